The van der Waals surface area contributed by atoms with Crippen molar-refractivity contribution in [1.29, 1.82) is 0 Å². The van der Waals surface area contributed by atoms with E-state index in [1.165, 1.54) is 24.0 Å². The monoisotopic (exact) mass is 268 g/mol. The number of nitrogen functional groups attached to an aromatic ring is 1. The molecule has 4 nitrogen and oxygen atoms in total. The molecule has 4 heteroatoms. The SMILES string of the molecule is CCc1ccccc1CNc1cc(N)nc(C2CC2)n1. The number of aryl methyl sites for hydroxylation is 1. The highest BCUT2D eigenvalue weighted by Crippen LogP contribution is 2.38. The molecule has 0 spiro atoms. The molecule has 0 saturated heterocycles. The molecule has 0 bridgehead atoms. The summed E-state index contributed by atoms with van der Waals surface area (Å²) in [5.74, 6) is 2.77. The number of anilines is 2. The Morgan fingerprint density at radius 3 is 2.65 bits per heavy atom. The van der Waals surface area contributed by atoms with E-state index in [0.717, 1.165) is 24.6 Å². The molecule has 1 fully saturated rings. The largest absolute Gasteiger partial charge is 0.384 e. The first-order chi connectivity index (χ1) is 9.76. The molecular formula is C16H20N4. The maximum absolute atomic E-state index is 5.86. The fourth-order valence-corrected chi connectivity index (χ4v) is 2.36. The van der Waals surface area contributed by atoms with Gasteiger partial charge in [-0.05, 0) is 30.4 Å². The highest BCUT2D eigenvalue weighted by Gasteiger charge is 2.27. The van der Waals surface area contributed by atoms with E-state index in [1.807, 2.05) is 0 Å². The third-order valence-electron chi connectivity index (χ3n) is 3.66. The van der Waals surface area contributed by atoms with Gasteiger partial charge in [-0.1, -0.05) is 31.2 Å². The van der Waals surface area contributed by atoms with Gasteiger partial charge in [0, 0.05) is 18.5 Å². The first-order valence-corrected chi connectivity index (χ1v) is 7.21. The second-order valence-corrected chi connectivity index (χ2v) is 5.29. The molecule has 0 unspecified atom stereocenters. The topological polar surface area (TPSA) is 63.8 Å². The summed E-state index contributed by atoms with van der Waals surface area (Å²) in [6.45, 7) is 2.94. The van der Waals surface area contributed by atoms with Crippen LogP contribution in [-0.2, 0) is 13.0 Å². The predicted molar refractivity (Wildman–Crippen MR) is 81.6 cm³/mol. The van der Waals surface area contributed by atoms with Gasteiger partial charge in [0.05, 0.1) is 0 Å². The van der Waals surface area contributed by atoms with Crippen LogP contribution in [0.5, 0.6) is 0 Å². The molecule has 1 aliphatic rings. The van der Waals surface area contributed by atoms with Crippen molar-refractivity contribution < 1.29 is 0 Å². The van der Waals surface area contributed by atoms with Crippen LogP contribution in [0.2, 0.25) is 0 Å². The predicted octanol–water partition coefficient (Wildman–Crippen LogP) is 3.11. The molecule has 0 atom stereocenters. The summed E-state index contributed by atoms with van der Waals surface area (Å²) in [6.07, 6.45) is 3.40. The quantitative estimate of drug-likeness (QED) is 0.874. The summed E-state index contributed by atoms with van der Waals surface area (Å²) < 4.78 is 0. The number of aromatic nitrogens is 2. The number of benzene rings is 1. The van der Waals surface area contributed by atoms with Crippen LogP contribution in [0, 0.1) is 0 Å². The van der Waals surface area contributed by atoms with Crippen molar-refractivity contribution in [2.75, 3.05) is 11.1 Å². The van der Waals surface area contributed by atoms with Crippen LogP contribution in [0.15, 0.2) is 30.3 Å². The van der Waals surface area contributed by atoms with Crippen LogP contribution >= 0.6 is 0 Å². The van der Waals surface area contributed by atoms with Crippen LogP contribution < -0.4 is 11.1 Å². The number of nitrogens with one attached hydrogen (secondary N) is 1. The van der Waals surface area contributed by atoms with E-state index in [4.69, 9.17) is 5.73 Å². The third-order valence-corrected chi connectivity index (χ3v) is 3.66. The van der Waals surface area contributed by atoms with Crippen LogP contribution in [0.25, 0.3) is 0 Å². The minimum Gasteiger partial charge on any atom is -0.384 e. The highest BCUT2D eigenvalue weighted by molar-refractivity contribution is 5.46. The third kappa shape index (κ3) is 2.90. The highest BCUT2D eigenvalue weighted by atomic mass is 15.1. The average Bonchev–Trinajstić information content (AvgIpc) is 3.29. The molecule has 3 N–H and O–H groups in total. The van der Waals surface area contributed by atoms with Gasteiger partial charge in [-0.15, -0.1) is 0 Å². The van der Waals surface area contributed by atoms with Crippen LogP contribution in [-0.4, -0.2) is 9.97 Å². The molecule has 3 rings (SSSR count). The van der Waals surface area contributed by atoms with Gasteiger partial charge in [0.2, 0.25) is 0 Å². The molecule has 0 radical (unpaired) electrons. The zero-order valence-electron chi connectivity index (χ0n) is 11.8. The normalized spacial score (nSPS) is 14.2. The lowest BCUT2D eigenvalue weighted by Gasteiger charge is -2.11. The van der Waals surface area contributed by atoms with E-state index in [-0.39, 0.29) is 0 Å². The van der Waals surface area contributed by atoms with Crippen molar-refractivity contribution in [3.8, 4) is 0 Å². The molecule has 104 valence electrons. The first kappa shape index (κ1) is 12.9. The van der Waals surface area contributed by atoms with Gasteiger partial charge in [0.1, 0.15) is 17.5 Å². The maximum Gasteiger partial charge on any atom is 0.136 e. The molecule has 1 saturated carbocycles. The summed E-state index contributed by atoms with van der Waals surface area (Å²) in [5, 5.41) is 3.37. The van der Waals surface area contributed by atoms with Crippen LogP contribution in [0.4, 0.5) is 11.6 Å². The summed E-state index contributed by atoms with van der Waals surface area (Å²) in [5.41, 5.74) is 8.53. The van der Waals surface area contributed by atoms with Crippen LogP contribution in [0.1, 0.15) is 42.6 Å². The Hall–Kier alpha value is -2.10. The van der Waals surface area contributed by atoms with Gasteiger partial charge in [-0.2, -0.15) is 0 Å². The Bertz CT molecular complexity index is 605. The molecule has 2 aromatic rings. The molecular weight excluding hydrogens is 248 g/mol. The summed E-state index contributed by atoms with van der Waals surface area (Å²) >= 11 is 0. The molecule has 20 heavy (non-hydrogen) atoms. The lowest BCUT2D eigenvalue weighted by molar-refractivity contribution is 0.924. The fourth-order valence-electron chi connectivity index (χ4n) is 2.36. The second-order valence-electron chi connectivity index (χ2n) is 5.29. The van der Waals surface area contributed by atoms with Crippen molar-refractivity contribution in [1.82, 2.24) is 9.97 Å². The minimum absolute atomic E-state index is 0.516. The Kier molecular flexibility index (Phi) is 3.54. The van der Waals surface area contributed by atoms with Crippen molar-refractivity contribution in [2.45, 2.75) is 38.6 Å². The fraction of sp³-hybridized carbons (Fsp3) is 0.375. The van der Waals surface area contributed by atoms with E-state index in [9.17, 15) is 0 Å². The summed E-state index contributed by atoms with van der Waals surface area (Å²) in [7, 11) is 0. The Balaban J connectivity index is 1.74. The average molecular weight is 268 g/mol. The van der Waals surface area contributed by atoms with E-state index < -0.39 is 0 Å². The van der Waals surface area contributed by atoms with Crippen molar-refractivity contribution >= 4 is 11.6 Å². The van der Waals surface area contributed by atoms with Crippen LogP contribution in [0.3, 0.4) is 0 Å². The van der Waals surface area contributed by atoms with Gasteiger partial charge in [0.25, 0.3) is 0 Å². The van der Waals surface area contributed by atoms with Gasteiger partial charge in [-0.25, -0.2) is 9.97 Å². The Labute approximate surface area is 119 Å². The summed E-state index contributed by atoms with van der Waals surface area (Å²) in [6, 6.07) is 10.3. The zero-order chi connectivity index (χ0) is 13.9. The first-order valence-electron chi connectivity index (χ1n) is 7.21. The molecule has 1 aromatic heterocycles. The summed E-state index contributed by atoms with van der Waals surface area (Å²) in [4.78, 5) is 8.88. The van der Waals surface area contributed by atoms with Gasteiger partial charge in [0.15, 0.2) is 0 Å². The smallest absolute Gasteiger partial charge is 0.136 e. The standard InChI is InChI=1S/C16H20N4/c1-2-11-5-3-4-6-13(11)10-18-15-9-14(17)19-16(20-15)12-7-8-12/h3-6,9,12H,2,7-8,10H2,1H3,(H3,17,18,19,20). The minimum atomic E-state index is 0.516. The second kappa shape index (κ2) is 5.49. The maximum atomic E-state index is 5.86. The molecule has 1 heterocycles. The lowest BCUT2D eigenvalue weighted by atomic mass is 10.1. The van der Waals surface area contributed by atoms with E-state index in [1.54, 1.807) is 6.07 Å². The number of nitrogens with zero attached hydrogens (tertiary/aromatic N) is 2. The number of hydrogen-bond acceptors (Lipinski definition) is 4. The van der Waals surface area contributed by atoms with Crippen molar-refractivity contribution in [3.63, 3.8) is 0 Å². The van der Waals surface area contributed by atoms with E-state index in [0.29, 0.717) is 11.7 Å². The van der Waals surface area contributed by atoms with Gasteiger partial charge in [-0.3, -0.25) is 0 Å². The van der Waals surface area contributed by atoms with E-state index in [2.05, 4.69) is 46.5 Å². The van der Waals surface area contributed by atoms with Crippen molar-refractivity contribution in [2.24, 2.45) is 0 Å². The van der Waals surface area contributed by atoms with Gasteiger partial charge >= 0.3 is 0 Å². The van der Waals surface area contributed by atoms with Gasteiger partial charge < -0.3 is 11.1 Å². The zero-order valence-corrected chi connectivity index (χ0v) is 11.8. The molecule has 1 aromatic carbocycles. The lowest BCUT2D eigenvalue weighted by Crippen LogP contribution is -2.07. The van der Waals surface area contributed by atoms with E-state index >= 15 is 0 Å². The Morgan fingerprint density at radius 1 is 1.20 bits per heavy atom. The van der Waals surface area contributed by atoms with Crippen molar-refractivity contribution in [3.05, 3.63) is 47.3 Å². The number of rotatable bonds is 5. The Morgan fingerprint density at radius 2 is 1.95 bits per heavy atom. The molecule has 0 amide bonds. The number of nitrogens with two attached hydrogens (primary N) is 1. The number of hydrogen-bond donors (Lipinski definition) is 2. The molecule has 1 aliphatic carbocycles. The molecule has 0 aliphatic heterocycles.